The van der Waals surface area contributed by atoms with Crippen LogP contribution < -0.4 is 5.32 Å². The van der Waals surface area contributed by atoms with E-state index in [1.165, 1.54) is 0 Å². The predicted octanol–water partition coefficient (Wildman–Crippen LogP) is 3.39. The summed E-state index contributed by atoms with van der Waals surface area (Å²) >= 11 is 0. The highest BCUT2D eigenvalue weighted by Gasteiger charge is 2.23. The zero-order valence-corrected chi connectivity index (χ0v) is 11.2. The Bertz CT molecular complexity index is 573. The number of halogens is 1. The standard InChI is InChI=1S/C15H19FN2O/c1-2-3-11-13(16)5-4-12-14(18-19-15(11)12)10-6-8-17-9-7-10/h4-5,10,17H,2-3,6-9H2,1H3. The van der Waals surface area contributed by atoms with E-state index >= 15 is 0 Å². The van der Waals surface area contributed by atoms with Crippen LogP contribution in [0.1, 0.15) is 43.4 Å². The third-order valence-electron chi connectivity index (χ3n) is 3.94. The van der Waals surface area contributed by atoms with Crippen LogP contribution in [0, 0.1) is 5.82 Å². The second-order valence-corrected chi connectivity index (χ2v) is 5.24. The van der Waals surface area contributed by atoms with Crippen molar-refractivity contribution in [2.75, 3.05) is 13.1 Å². The van der Waals surface area contributed by atoms with Gasteiger partial charge in [-0.3, -0.25) is 0 Å². The van der Waals surface area contributed by atoms with Crippen LogP contribution in [0.25, 0.3) is 11.0 Å². The maximum atomic E-state index is 13.9. The van der Waals surface area contributed by atoms with Crippen molar-refractivity contribution in [1.82, 2.24) is 10.5 Å². The third-order valence-corrected chi connectivity index (χ3v) is 3.94. The molecular weight excluding hydrogens is 243 g/mol. The molecular formula is C15H19FN2O. The normalized spacial score (nSPS) is 17.2. The molecule has 0 atom stereocenters. The van der Waals surface area contributed by atoms with Gasteiger partial charge in [-0.1, -0.05) is 18.5 Å². The number of rotatable bonds is 3. The molecule has 1 saturated heterocycles. The molecule has 3 rings (SSSR count). The van der Waals surface area contributed by atoms with Crippen molar-refractivity contribution in [3.63, 3.8) is 0 Å². The van der Waals surface area contributed by atoms with Crippen LogP contribution in [0.2, 0.25) is 0 Å². The minimum atomic E-state index is -0.178. The monoisotopic (exact) mass is 262 g/mol. The SMILES string of the molecule is CCCc1c(F)ccc2c(C3CCNCC3)noc12. The van der Waals surface area contributed by atoms with E-state index in [0.29, 0.717) is 23.5 Å². The predicted molar refractivity (Wildman–Crippen MR) is 72.8 cm³/mol. The molecule has 1 aromatic carbocycles. The summed E-state index contributed by atoms with van der Waals surface area (Å²) in [7, 11) is 0. The Morgan fingerprint density at radius 1 is 1.37 bits per heavy atom. The minimum Gasteiger partial charge on any atom is -0.356 e. The Hall–Kier alpha value is -1.42. The van der Waals surface area contributed by atoms with Crippen molar-refractivity contribution >= 4 is 11.0 Å². The summed E-state index contributed by atoms with van der Waals surface area (Å²) in [6.07, 6.45) is 3.74. The number of piperidine rings is 1. The Labute approximate surface area is 112 Å². The highest BCUT2D eigenvalue weighted by Crippen LogP contribution is 2.33. The lowest BCUT2D eigenvalue weighted by Crippen LogP contribution is -2.26. The molecule has 0 saturated carbocycles. The molecule has 1 aliphatic heterocycles. The Morgan fingerprint density at radius 2 is 2.16 bits per heavy atom. The van der Waals surface area contributed by atoms with E-state index in [2.05, 4.69) is 10.5 Å². The maximum absolute atomic E-state index is 13.9. The molecule has 2 heterocycles. The van der Waals surface area contributed by atoms with Gasteiger partial charge in [0.1, 0.15) is 5.82 Å². The van der Waals surface area contributed by atoms with E-state index in [1.54, 1.807) is 6.07 Å². The van der Waals surface area contributed by atoms with Crippen LogP contribution in [-0.2, 0) is 6.42 Å². The molecule has 1 aromatic heterocycles. The molecule has 1 aliphatic rings. The highest BCUT2D eigenvalue weighted by atomic mass is 19.1. The second kappa shape index (κ2) is 5.29. The maximum Gasteiger partial charge on any atom is 0.173 e. The summed E-state index contributed by atoms with van der Waals surface area (Å²) in [5.41, 5.74) is 2.33. The van der Waals surface area contributed by atoms with Crippen molar-refractivity contribution in [3.8, 4) is 0 Å². The van der Waals surface area contributed by atoms with E-state index in [1.807, 2.05) is 13.0 Å². The van der Waals surface area contributed by atoms with E-state index in [-0.39, 0.29) is 5.82 Å². The lowest BCUT2D eigenvalue weighted by Gasteiger charge is -2.20. The molecule has 1 N–H and O–H groups in total. The van der Waals surface area contributed by atoms with Gasteiger partial charge in [-0.15, -0.1) is 0 Å². The number of nitrogens with one attached hydrogen (secondary N) is 1. The Balaban J connectivity index is 2.05. The zero-order valence-electron chi connectivity index (χ0n) is 11.2. The quantitative estimate of drug-likeness (QED) is 0.921. The first-order valence-corrected chi connectivity index (χ1v) is 7.08. The summed E-state index contributed by atoms with van der Waals surface area (Å²) in [6.45, 7) is 4.08. The van der Waals surface area contributed by atoms with Gasteiger partial charge in [0.2, 0.25) is 0 Å². The Kier molecular flexibility index (Phi) is 3.51. The van der Waals surface area contributed by atoms with Gasteiger partial charge in [0.25, 0.3) is 0 Å². The molecule has 0 spiro atoms. The van der Waals surface area contributed by atoms with Crippen LogP contribution in [-0.4, -0.2) is 18.2 Å². The molecule has 2 aromatic rings. The van der Waals surface area contributed by atoms with Gasteiger partial charge in [0, 0.05) is 16.9 Å². The lowest BCUT2D eigenvalue weighted by atomic mass is 9.92. The van der Waals surface area contributed by atoms with Gasteiger partial charge in [-0.25, -0.2) is 4.39 Å². The number of aryl methyl sites for hydroxylation is 1. The topological polar surface area (TPSA) is 38.1 Å². The summed E-state index contributed by atoms with van der Waals surface area (Å²) in [5, 5.41) is 8.58. The van der Waals surface area contributed by atoms with E-state index < -0.39 is 0 Å². The molecule has 0 radical (unpaired) electrons. The van der Waals surface area contributed by atoms with Gasteiger partial charge in [0.05, 0.1) is 5.69 Å². The fraction of sp³-hybridized carbons (Fsp3) is 0.533. The number of nitrogens with zero attached hydrogens (tertiary/aromatic N) is 1. The molecule has 102 valence electrons. The lowest BCUT2D eigenvalue weighted by molar-refractivity contribution is 0.402. The molecule has 0 unspecified atom stereocenters. The fourth-order valence-electron chi connectivity index (χ4n) is 2.93. The first kappa shape index (κ1) is 12.6. The average Bonchev–Trinajstić information content (AvgIpc) is 2.87. The minimum absolute atomic E-state index is 0.178. The summed E-state index contributed by atoms with van der Waals surface area (Å²) in [6, 6.07) is 3.37. The van der Waals surface area contributed by atoms with E-state index in [9.17, 15) is 4.39 Å². The van der Waals surface area contributed by atoms with Crippen LogP contribution in [0.15, 0.2) is 16.7 Å². The van der Waals surface area contributed by atoms with Gasteiger partial charge in [0.15, 0.2) is 5.58 Å². The molecule has 4 heteroatoms. The molecule has 3 nitrogen and oxygen atoms in total. The van der Waals surface area contributed by atoms with Crippen molar-refractivity contribution in [2.45, 2.75) is 38.5 Å². The number of benzene rings is 1. The summed E-state index contributed by atoms with van der Waals surface area (Å²) in [5.74, 6) is 0.254. The van der Waals surface area contributed by atoms with Gasteiger partial charge in [-0.05, 0) is 44.5 Å². The molecule has 0 aliphatic carbocycles. The average molecular weight is 262 g/mol. The van der Waals surface area contributed by atoms with Crippen molar-refractivity contribution in [3.05, 3.63) is 29.2 Å². The molecule has 0 bridgehead atoms. The van der Waals surface area contributed by atoms with Crippen LogP contribution in [0.3, 0.4) is 0 Å². The van der Waals surface area contributed by atoms with E-state index in [4.69, 9.17) is 4.52 Å². The number of aromatic nitrogens is 1. The van der Waals surface area contributed by atoms with Crippen molar-refractivity contribution in [1.29, 1.82) is 0 Å². The number of fused-ring (bicyclic) bond motifs is 1. The number of hydrogen-bond acceptors (Lipinski definition) is 3. The highest BCUT2D eigenvalue weighted by molar-refractivity contribution is 5.83. The molecule has 0 amide bonds. The van der Waals surface area contributed by atoms with Crippen LogP contribution in [0.4, 0.5) is 4.39 Å². The third kappa shape index (κ3) is 2.25. The second-order valence-electron chi connectivity index (χ2n) is 5.24. The van der Waals surface area contributed by atoms with E-state index in [0.717, 1.165) is 43.4 Å². The van der Waals surface area contributed by atoms with Crippen LogP contribution >= 0.6 is 0 Å². The van der Waals surface area contributed by atoms with Crippen molar-refractivity contribution < 1.29 is 8.91 Å². The number of hydrogen-bond donors (Lipinski definition) is 1. The first-order valence-electron chi connectivity index (χ1n) is 7.08. The largest absolute Gasteiger partial charge is 0.356 e. The first-order chi connectivity index (χ1) is 9.31. The smallest absolute Gasteiger partial charge is 0.173 e. The van der Waals surface area contributed by atoms with Crippen molar-refractivity contribution in [2.24, 2.45) is 0 Å². The summed E-state index contributed by atoms with van der Waals surface area (Å²) in [4.78, 5) is 0. The zero-order chi connectivity index (χ0) is 13.2. The van der Waals surface area contributed by atoms with Gasteiger partial charge < -0.3 is 9.84 Å². The summed E-state index contributed by atoms with van der Waals surface area (Å²) < 4.78 is 19.3. The fourth-order valence-corrected chi connectivity index (χ4v) is 2.93. The van der Waals surface area contributed by atoms with Gasteiger partial charge in [-0.2, -0.15) is 0 Å². The molecule has 1 fully saturated rings. The molecule has 19 heavy (non-hydrogen) atoms. The van der Waals surface area contributed by atoms with Gasteiger partial charge >= 0.3 is 0 Å². The Morgan fingerprint density at radius 3 is 2.89 bits per heavy atom. The van der Waals surface area contributed by atoms with Crippen LogP contribution in [0.5, 0.6) is 0 Å².